The van der Waals surface area contributed by atoms with Crippen LogP contribution in [0.1, 0.15) is 30.9 Å². The maximum absolute atomic E-state index is 11.7. The van der Waals surface area contributed by atoms with Crippen LogP contribution in [-0.4, -0.2) is 31.7 Å². The predicted octanol–water partition coefficient (Wildman–Crippen LogP) is 3.29. The third-order valence-electron chi connectivity index (χ3n) is 3.93. The molecule has 2 N–H and O–H groups in total. The molecule has 0 aliphatic carbocycles. The summed E-state index contributed by atoms with van der Waals surface area (Å²) in [6.45, 7) is 2.75. The zero-order valence-electron chi connectivity index (χ0n) is 16.4. The summed E-state index contributed by atoms with van der Waals surface area (Å²) in [5.74, 6) is -0.478. The van der Waals surface area contributed by atoms with E-state index >= 15 is 0 Å². The fourth-order valence-corrected chi connectivity index (χ4v) is 2.52. The number of halogens is 1. The molecule has 0 spiro atoms. The molecular formula is C21H24ClN3O4. The Kier molecular flexibility index (Phi) is 8.98. The van der Waals surface area contributed by atoms with Crippen molar-refractivity contribution in [2.24, 2.45) is 5.10 Å². The molecule has 2 amide bonds. The molecule has 0 fully saturated rings. The molecule has 0 aromatic heterocycles. The number of amides is 2. The summed E-state index contributed by atoms with van der Waals surface area (Å²) in [7, 11) is 1.53. The SMILES string of the molecule is CCCCNC(=O)C(=O)N/N=C/c1ccc(OCc2ccccc2Cl)c(OC)c1. The van der Waals surface area contributed by atoms with E-state index in [2.05, 4.69) is 15.8 Å². The molecule has 7 nitrogen and oxygen atoms in total. The molecule has 0 radical (unpaired) electrons. The number of carbonyl (C=O) groups excluding carboxylic acids is 2. The van der Waals surface area contributed by atoms with E-state index in [0.29, 0.717) is 35.2 Å². The van der Waals surface area contributed by atoms with Crippen LogP contribution in [0.3, 0.4) is 0 Å². The molecule has 2 rings (SSSR count). The van der Waals surface area contributed by atoms with E-state index in [-0.39, 0.29) is 0 Å². The lowest BCUT2D eigenvalue weighted by atomic mass is 10.2. The molecule has 0 bridgehead atoms. The summed E-state index contributed by atoms with van der Waals surface area (Å²) >= 11 is 6.14. The molecular weight excluding hydrogens is 394 g/mol. The first-order valence-corrected chi connectivity index (χ1v) is 9.58. The van der Waals surface area contributed by atoms with E-state index in [1.165, 1.54) is 13.3 Å². The number of hydrazone groups is 1. The number of benzene rings is 2. The van der Waals surface area contributed by atoms with Crippen molar-refractivity contribution in [1.82, 2.24) is 10.7 Å². The van der Waals surface area contributed by atoms with Crippen molar-refractivity contribution >= 4 is 29.6 Å². The molecule has 29 heavy (non-hydrogen) atoms. The maximum atomic E-state index is 11.7. The van der Waals surface area contributed by atoms with Crippen LogP contribution < -0.4 is 20.2 Å². The number of unbranched alkanes of at least 4 members (excludes halogenated alkanes) is 1. The van der Waals surface area contributed by atoms with Gasteiger partial charge >= 0.3 is 11.8 Å². The average Bonchev–Trinajstić information content (AvgIpc) is 2.73. The molecule has 0 unspecified atom stereocenters. The Morgan fingerprint density at radius 1 is 1.14 bits per heavy atom. The van der Waals surface area contributed by atoms with Gasteiger partial charge in [-0.1, -0.05) is 43.1 Å². The normalized spacial score (nSPS) is 10.6. The maximum Gasteiger partial charge on any atom is 0.329 e. The van der Waals surface area contributed by atoms with Crippen molar-refractivity contribution in [3.05, 3.63) is 58.6 Å². The number of hydrogen-bond donors (Lipinski definition) is 2. The molecule has 0 saturated carbocycles. The number of ether oxygens (including phenoxy) is 2. The van der Waals surface area contributed by atoms with Crippen LogP contribution in [0.5, 0.6) is 11.5 Å². The topological polar surface area (TPSA) is 89.0 Å². The summed E-state index contributed by atoms with van der Waals surface area (Å²) in [5.41, 5.74) is 3.72. The Morgan fingerprint density at radius 3 is 2.66 bits per heavy atom. The minimum Gasteiger partial charge on any atom is -0.493 e. The number of methoxy groups -OCH3 is 1. The average molecular weight is 418 g/mol. The summed E-state index contributed by atoms with van der Waals surface area (Å²) in [6.07, 6.45) is 3.16. The number of carbonyl (C=O) groups is 2. The van der Waals surface area contributed by atoms with Crippen LogP contribution in [0.2, 0.25) is 5.02 Å². The Labute approximate surface area is 175 Å². The lowest BCUT2D eigenvalue weighted by molar-refractivity contribution is -0.139. The van der Waals surface area contributed by atoms with E-state index in [1.54, 1.807) is 24.3 Å². The molecule has 8 heteroatoms. The third kappa shape index (κ3) is 7.12. The fraction of sp³-hybridized carbons (Fsp3) is 0.286. The van der Waals surface area contributed by atoms with Gasteiger partial charge in [0.2, 0.25) is 0 Å². The standard InChI is InChI=1S/C21H24ClN3O4/c1-3-4-11-23-20(26)21(27)25-24-13-15-9-10-18(19(12-15)28-2)29-14-16-7-5-6-8-17(16)22/h5-10,12-13H,3-4,11,14H2,1-2H3,(H,23,26)(H,25,27)/b24-13+. The molecule has 0 saturated heterocycles. The van der Waals surface area contributed by atoms with Crippen molar-refractivity contribution in [3.8, 4) is 11.5 Å². The van der Waals surface area contributed by atoms with Crippen LogP contribution in [0, 0.1) is 0 Å². The van der Waals surface area contributed by atoms with Gasteiger partial charge in [-0.3, -0.25) is 9.59 Å². The molecule has 0 aliphatic heterocycles. The van der Waals surface area contributed by atoms with E-state index in [4.69, 9.17) is 21.1 Å². The first-order valence-electron chi connectivity index (χ1n) is 9.20. The minimum absolute atomic E-state index is 0.298. The highest BCUT2D eigenvalue weighted by Gasteiger charge is 2.11. The summed E-state index contributed by atoms with van der Waals surface area (Å²) in [4.78, 5) is 23.2. The van der Waals surface area contributed by atoms with Gasteiger partial charge in [-0.05, 0) is 36.2 Å². The third-order valence-corrected chi connectivity index (χ3v) is 4.30. The Morgan fingerprint density at radius 2 is 1.93 bits per heavy atom. The van der Waals surface area contributed by atoms with E-state index in [0.717, 1.165) is 18.4 Å². The largest absolute Gasteiger partial charge is 0.493 e. The molecule has 2 aromatic rings. The van der Waals surface area contributed by atoms with Gasteiger partial charge in [0.15, 0.2) is 11.5 Å². The molecule has 0 aliphatic rings. The lowest BCUT2D eigenvalue weighted by Crippen LogP contribution is -2.38. The Bertz CT molecular complexity index is 871. The molecule has 2 aromatic carbocycles. The van der Waals surface area contributed by atoms with Crippen molar-refractivity contribution in [2.75, 3.05) is 13.7 Å². The Balaban J connectivity index is 1.93. The Hall–Kier alpha value is -3.06. The summed E-state index contributed by atoms with van der Waals surface area (Å²) < 4.78 is 11.1. The number of nitrogens with one attached hydrogen (secondary N) is 2. The number of nitrogens with zero attached hydrogens (tertiary/aromatic N) is 1. The van der Waals surface area contributed by atoms with Gasteiger partial charge in [0.1, 0.15) is 6.61 Å². The highest BCUT2D eigenvalue weighted by molar-refractivity contribution is 6.35. The van der Waals surface area contributed by atoms with Gasteiger partial charge in [0, 0.05) is 17.1 Å². The van der Waals surface area contributed by atoms with Crippen molar-refractivity contribution in [1.29, 1.82) is 0 Å². The van der Waals surface area contributed by atoms with Gasteiger partial charge < -0.3 is 14.8 Å². The van der Waals surface area contributed by atoms with Gasteiger partial charge in [-0.15, -0.1) is 0 Å². The van der Waals surface area contributed by atoms with Gasteiger partial charge in [0.05, 0.1) is 13.3 Å². The zero-order valence-corrected chi connectivity index (χ0v) is 17.2. The highest BCUT2D eigenvalue weighted by Crippen LogP contribution is 2.29. The van der Waals surface area contributed by atoms with Gasteiger partial charge in [0.25, 0.3) is 0 Å². The van der Waals surface area contributed by atoms with E-state index in [9.17, 15) is 9.59 Å². The monoisotopic (exact) mass is 417 g/mol. The zero-order chi connectivity index (χ0) is 21.1. The second kappa shape index (κ2) is 11.7. The van der Waals surface area contributed by atoms with Gasteiger partial charge in [-0.2, -0.15) is 5.10 Å². The molecule has 0 atom stereocenters. The summed E-state index contributed by atoms with van der Waals surface area (Å²) in [6, 6.07) is 12.6. The second-order valence-corrected chi connectivity index (χ2v) is 6.51. The van der Waals surface area contributed by atoms with E-state index in [1.807, 2.05) is 25.1 Å². The predicted molar refractivity (Wildman–Crippen MR) is 112 cm³/mol. The number of rotatable bonds is 9. The molecule has 0 heterocycles. The molecule has 154 valence electrons. The first-order chi connectivity index (χ1) is 14.0. The van der Waals surface area contributed by atoms with Gasteiger partial charge in [-0.25, -0.2) is 5.43 Å². The van der Waals surface area contributed by atoms with Crippen molar-refractivity contribution in [2.45, 2.75) is 26.4 Å². The van der Waals surface area contributed by atoms with Crippen LogP contribution in [0.4, 0.5) is 0 Å². The quantitative estimate of drug-likeness (QED) is 0.283. The second-order valence-electron chi connectivity index (χ2n) is 6.10. The van der Waals surface area contributed by atoms with Crippen LogP contribution in [0.15, 0.2) is 47.6 Å². The van der Waals surface area contributed by atoms with E-state index < -0.39 is 11.8 Å². The van der Waals surface area contributed by atoms with Crippen LogP contribution in [-0.2, 0) is 16.2 Å². The van der Waals surface area contributed by atoms with Crippen molar-refractivity contribution < 1.29 is 19.1 Å². The smallest absolute Gasteiger partial charge is 0.329 e. The van der Waals surface area contributed by atoms with Crippen LogP contribution >= 0.6 is 11.6 Å². The fourth-order valence-electron chi connectivity index (χ4n) is 2.33. The van der Waals surface area contributed by atoms with Crippen LogP contribution in [0.25, 0.3) is 0 Å². The summed E-state index contributed by atoms with van der Waals surface area (Å²) in [5, 5.41) is 6.95. The lowest BCUT2D eigenvalue weighted by Gasteiger charge is -2.12. The van der Waals surface area contributed by atoms with Crippen molar-refractivity contribution in [3.63, 3.8) is 0 Å². The minimum atomic E-state index is -0.816. The first kappa shape index (κ1) is 22.2. The number of hydrogen-bond acceptors (Lipinski definition) is 5. The highest BCUT2D eigenvalue weighted by atomic mass is 35.5.